The highest BCUT2D eigenvalue weighted by molar-refractivity contribution is 6.33. The molecule has 1 heterocycles. The van der Waals surface area contributed by atoms with E-state index in [9.17, 15) is 4.79 Å². The number of carboxylic acids is 1. The van der Waals surface area contributed by atoms with Gasteiger partial charge >= 0.3 is 5.97 Å². The summed E-state index contributed by atoms with van der Waals surface area (Å²) in [5.74, 6) is -0.919. The highest BCUT2D eigenvalue weighted by Crippen LogP contribution is 2.28. The summed E-state index contributed by atoms with van der Waals surface area (Å²) < 4.78 is 0. The molecule has 0 saturated carbocycles. The summed E-state index contributed by atoms with van der Waals surface area (Å²) in [6.45, 7) is 0. The number of rotatable bonds is 2. The molecule has 0 aliphatic heterocycles. The molecule has 0 spiro atoms. The van der Waals surface area contributed by atoms with Crippen LogP contribution in [0.15, 0.2) is 18.2 Å². The van der Waals surface area contributed by atoms with E-state index in [1.807, 2.05) is 0 Å². The lowest BCUT2D eigenvalue weighted by Gasteiger charge is -1.96. The Hall–Kier alpha value is -1.19. The van der Waals surface area contributed by atoms with Gasteiger partial charge in [-0.25, -0.2) is 0 Å². The van der Waals surface area contributed by atoms with Crippen molar-refractivity contribution in [1.82, 2.24) is 4.98 Å². The van der Waals surface area contributed by atoms with E-state index in [0.717, 1.165) is 10.9 Å². The van der Waals surface area contributed by atoms with Crippen LogP contribution >= 0.6 is 23.2 Å². The molecule has 0 atom stereocenters. The van der Waals surface area contributed by atoms with E-state index >= 15 is 0 Å². The molecular formula is C10H7Cl2NO2. The number of hydrogen-bond donors (Lipinski definition) is 2. The lowest BCUT2D eigenvalue weighted by Crippen LogP contribution is -1.99. The summed E-state index contributed by atoms with van der Waals surface area (Å²) in [5, 5.41) is 10.4. The van der Waals surface area contributed by atoms with Crippen molar-refractivity contribution in [2.45, 2.75) is 6.42 Å². The number of aliphatic carboxylic acids is 1. The Labute approximate surface area is 95.6 Å². The second-order valence-corrected chi connectivity index (χ2v) is 3.99. The average molecular weight is 244 g/mol. The van der Waals surface area contributed by atoms with Crippen molar-refractivity contribution in [2.24, 2.45) is 0 Å². The molecule has 3 nitrogen and oxygen atoms in total. The summed E-state index contributed by atoms with van der Waals surface area (Å²) in [6, 6.07) is 5.20. The van der Waals surface area contributed by atoms with Gasteiger partial charge in [0.05, 0.1) is 6.42 Å². The average Bonchev–Trinajstić information content (AvgIpc) is 2.43. The number of halogens is 2. The quantitative estimate of drug-likeness (QED) is 0.852. The Kier molecular flexibility index (Phi) is 2.59. The molecule has 0 bridgehead atoms. The van der Waals surface area contributed by atoms with Crippen LogP contribution in [0.5, 0.6) is 0 Å². The zero-order chi connectivity index (χ0) is 11.0. The Morgan fingerprint density at radius 3 is 2.80 bits per heavy atom. The van der Waals surface area contributed by atoms with Crippen molar-refractivity contribution in [3.05, 3.63) is 33.9 Å². The second kappa shape index (κ2) is 3.76. The van der Waals surface area contributed by atoms with Crippen molar-refractivity contribution >= 4 is 40.1 Å². The Bertz CT molecular complexity index is 533. The number of carbonyl (C=O) groups is 1. The monoisotopic (exact) mass is 243 g/mol. The highest BCUT2D eigenvalue weighted by Gasteiger charge is 2.13. The standard InChI is InChI=1S/C10H7Cl2NO2/c11-5-1-2-8-6(3-5)7(4-9(14)15)10(12)13-8/h1-3,13H,4H2,(H,14,15). The van der Waals surface area contributed by atoms with E-state index in [0.29, 0.717) is 15.7 Å². The van der Waals surface area contributed by atoms with Gasteiger partial charge in [-0.1, -0.05) is 23.2 Å². The molecule has 2 rings (SSSR count). The third-order valence-corrected chi connectivity index (χ3v) is 2.70. The minimum atomic E-state index is -0.919. The minimum Gasteiger partial charge on any atom is -0.481 e. The van der Waals surface area contributed by atoms with Crippen LogP contribution in [-0.2, 0) is 11.2 Å². The number of fused-ring (bicyclic) bond motifs is 1. The number of aromatic nitrogens is 1. The predicted octanol–water partition coefficient (Wildman–Crippen LogP) is 3.10. The molecular weight excluding hydrogens is 237 g/mol. The first kappa shape index (κ1) is 10.3. The number of hydrogen-bond acceptors (Lipinski definition) is 1. The zero-order valence-corrected chi connectivity index (χ0v) is 9.06. The molecule has 1 aromatic carbocycles. The molecule has 2 aromatic rings. The molecule has 15 heavy (non-hydrogen) atoms. The molecule has 5 heteroatoms. The lowest BCUT2D eigenvalue weighted by atomic mass is 10.1. The maximum Gasteiger partial charge on any atom is 0.307 e. The van der Waals surface area contributed by atoms with Crippen molar-refractivity contribution in [1.29, 1.82) is 0 Å². The van der Waals surface area contributed by atoms with Gasteiger partial charge in [-0.3, -0.25) is 4.79 Å². The van der Waals surface area contributed by atoms with E-state index in [1.54, 1.807) is 18.2 Å². The Morgan fingerprint density at radius 2 is 2.13 bits per heavy atom. The van der Waals surface area contributed by atoms with E-state index in [-0.39, 0.29) is 6.42 Å². The van der Waals surface area contributed by atoms with Crippen molar-refractivity contribution < 1.29 is 9.90 Å². The SMILES string of the molecule is O=C(O)Cc1c(Cl)[nH]c2ccc(Cl)cc12. The van der Waals surface area contributed by atoms with Crippen LogP contribution in [0.25, 0.3) is 10.9 Å². The Morgan fingerprint density at radius 1 is 1.40 bits per heavy atom. The van der Waals surface area contributed by atoms with Gasteiger partial charge in [0.25, 0.3) is 0 Å². The van der Waals surface area contributed by atoms with Crippen LogP contribution in [0.4, 0.5) is 0 Å². The van der Waals surface area contributed by atoms with Gasteiger partial charge in [0.2, 0.25) is 0 Å². The predicted molar refractivity (Wildman–Crippen MR) is 59.7 cm³/mol. The van der Waals surface area contributed by atoms with Gasteiger partial charge in [0, 0.05) is 21.5 Å². The lowest BCUT2D eigenvalue weighted by molar-refractivity contribution is -0.136. The maximum atomic E-state index is 10.6. The second-order valence-electron chi connectivity index (χ2n) is 3.18. The fourth-order valence-corrected chi connectivity index (χ4v) is 1.95. The van der Waals surface area contributed by atoms with Crippen molar-refractivity contribution in [2.75, 3.05) is 0 Å². The van der Waals surface area contributed by atoms with Crippen LogP contribution in [-0.4, -0.2) is 16.1 Å². The molecule has 0 radical (unpaired) electrons. The van der Waals surface area contributed by atoms with Crippen molar-refractivity contribution in [3.8, 4) is 0 Å². The van der Waals surface area contributed by atoms with Crippen molar-refractivity contribution in [3.63, 3.8) is 0 Å². The van der Waals surface area contributed by atoms with Gasteiger partial charge in [0.15, 0.2) is 0 Å². The number of H-pyrrole nitrogens is 1. The fraction of sp³-hybridized carbons (Fsp3) is 0.100. The molecule has 78 valence electrons. The molecule has 0 aliphatic carbocycles. The van der Waals surface area contributed by atoms with Crippen LogP contribution in [0.1, 0.15) is 5.56 Å². The van der Waals surface area contributed by atoms with Crippen LogP contribution < -0.4 is 0 Å². The summed E-state index contributed by atoms with van der Waals surface area (Å²) in [4.78, 5) is 13.5. The first-order valence-corrected chi connectivity index (χ1v) is 5.01. The molecule has 0 fully saturated rings. The molecule has 2 N–H and O–H groups in total. The largest absolute Gasteiger partial charge is 0.481 e. The number of nitrogens with one attached hydrogen (secondary N) is 1. The third kappa shape index (κ3) is 1.94. The minimum absolute atomic E-state index is 0.112. The van der Waals surface area contributed by atoms with Gasteiger partial charge < -0.3 is 10.1 Å². The zero-order valence-electron chi connectivity index (χ0n) is 7.55. The summed E-state index contributed by atoms with van der Waals surface area (Å²) in [6.07, 6.45) is -0.112. The first-order valence-electron chi connectivity index (χ1n) is 4.25. The molecule has 1 aromatic heterocycles. The number of benzene rings is 1. The van der Waals surface area contributed by atoms with Crippen LogP contribution in [0.3, 0.4) is 0 Å². The normalized spacial score (nSPS) is 10.8. The van der Waals surface area contributed by atoms with Gasteiger partial charge in [-0.2, -0.15) is 0 Å². The molecule has 0 saturated heterocycles. The number of carboxylic acid groups (broad SMARTS) is 1. The van der Waals surface area contributed by atoms with Crippen LogP contribution in [0, 0.1) is 0 Å². The molecule has 0 unspecified atom stereocenters. The summed E-state index contributed by atoms with van der Waals surface area (Å²) in [7, 11) is 0. The van der Waals surface area contributed by atoms with E-state index in [2.05, 4.69) is 4.98 Å². The molecule has 0 amide bonds. The summed E-state index contributed by atoms with van der Waals surface area (Å²) >= 11 is 11.7. The Balaban J connectivity index is 2.65. The fourth-order valence-electron chi connectivity index (χ4n) is 1.51. The first-order chi connectivity index (χ1) is 7.08. The van der Waals surface area contributed by atoms with Crippen LogP contribution in [0.2, 0.25) is 10.2 Å². The number of aromatic amines is 1. The van der Waals surface area contributed by atoms with Gasteiger partial charge in [-0.05, 0) is 18.2 Å². The van der Waals surface area contributed by atoms with Gasteiger partial charge in [-0.15, -0.1) is 0 Å². The highest BCUT2D eigenvalue weighted by atomic mass is 35.5. The maximum absolute atomic E-state index is 10.6. The third-order valence-electron chi connectivity index (χ3n) is 2.14. The van der Waals surface area contributed by atoms with E-state index < -0.39 is 5.97 Å². The topological polar surface area (TPSA) is 53.1 Å². The molecule has 0 aliphatic rings. The van der Waals surface area contributed by atoms with E-state index in [1.165, 1.54) is 0 Å². The summed E-state index contributed by atoms with van der Waals surface area (Å²) in [5.41, 5.74) is 1.36. The van der Waals surface area contributed by atoms with E-state index in [4.69, 9.17) is 28.3 Å². The smallest absolute Gasteiger partial charge is 0.307 e. The van der Waals surface area contributed by atoms with Gasteiger partial charge in [0.1, 0.15) is 5.15 Å².